The molecular weight excluding hydrogens is 256 g/mol. The fourth-order valence-electron chi connectivity index (χ4n) is 1.73. The van der Waals surface area contributed by atoms with Gasteiger partial charge in [-0.05, 0) is 12.1 Å². The molecule has 1 aromatic carbocycles. The molecule has 1 aliphatic rings. The van der Waals surface area contributed by atoms with Gasteiger partial charge in [0.25, 0.3) is 0 Å². The van der Waals surface area contributed by atoms with E-state index in [0.717, 1.165) is 0 Å². The Morgan fingerprint density at radius 1 is 1.21 bits per heavy atom. The molecule has 7 nitrogen and oxygen atoms in total. The minimum Gasteiger partial charge on any atom is -0.479 e. The molecule has 1 saturated heterocycles. The van der Waals surface area contributed by atoms with Crippen LogP contribution in [-0.4, -0.2) is 57.1 Å². The number of hydrogen-bond acceptors (Lipinski definition) is 6. The van der Waals surface area contributed by atoms with Crippen LogP contribution in [0.2, 0.25) is 0 Å². The predicted molar refractivity (Wildman–Crippen MR) is 61.4 cm³/mol. The van der Waals surface area contributed by atoms with Gasteiger partial charge < -0.3 is 29.9 Å². The van der Waals surface area contributed by atoms with Gasteiger partial charge in [0.05, 0.1) is 1.37 Å². The molecule has 0 saturated carbocycles. The second kappa shape index (κ2) is 5.54. The first-order chi connectivity index (χ1) is 9.40. The molecule has 0 radical (unpaired) electrons. The number of aliphatic carboxylic acids is 1. The third-order valence-electron chi connectivity index (χ3n) is 2.75. The zero-order valence-corrected chi connectivity index (χ0v) is 9.71. The maximum absolute atomic E-state index is 10.9. The number of aliphatic hydroxyl groups is 3. The van der Waals surface area contributed by atoms with E-state index in [0.29, 0.717) is 0 Å². The van der Waals surface area contributed by atoms with Crippen molar-refractivity contribution in [3.63, 3.8) is 0 Å². The number of carboxylic acids is 1. The fourth-order valence-corrected chi connectivity index (χ4v) is 1.73. The van der Waals surface area contributed by atoms with Gasteiger partial charge in [0.2, 0.25) is 6.29 Å². The van der Waals surface area contributed by atoms with Crippen molar-refractivity contribution in [3.05, 3.63) is 30.3 Å². The molecule has 0 aromatic heterocycles. The van der Waals surface area contributed by atoms with E-state index in [1.807, 2.05) is 0 Å². The summed E-state index contributed by atoms with van der Waals surface area (Å²) in [4.78, 5) is 10.9. The van der Waals surface area contributed by atoms with E-state index in [9.17, 15) is 20.1 Å². The van der Waals surface area contributed by atoms with Crippen molar-refractivity contribution in [1.82, 2.24) is 0 Å². The van der Waals surface area contributed by atoms with Gasteiger partial charge in [0.1, 0.15) is 24.1 Å². The molecule has 4 N–H and O–H groups in total. The van der Waals surface area contributed by atoms with Crippen LogP contribution in [0.15, 0.2) is 30.3 Å². The zero-order chi connectivity index (χ0) is 14.9. The predicted octanol–water partition coefficient (Wildman–Crippen LogP) is -1.04. The Hall–Kier alpha value is -1.67. The van der Waals surface area contributed by atoms with E-state index in [1.165, 1.54) is 24.3 Å². The van der Waals surface area contributed by atoms with Gasteiger partial charge in [-0.15, -0.1) is 0 Å². The van der Waals surface area contributed by atoms with Crippen LogP contribution in [-0.2, 0) is 9.53 Å². The highest BCUT2D eigenvalue weighted by Crippen LogP contribution is 2.24. The van der Waals surface area contributed by atoms with Crippen molar-refractivity contribution >= 4 is 5.97 Å². The van der Waals surface area contributed by atoms with Crippen LogP contribution in [0, 0.1) is 0 Å². The summed E-state index contributed by atoms with van der Waals surface area (Å²) in [5.74, 6) is -1.24. The number of hydrogen-bond donors (Lipinski definition) is 4. The highest BCUT2D eigenvalue weighted by molar-refractivity contribution is 5.73. The molecule has 2 rings (SSSR count). The maximum Gasteiger partial charge on any atom is 0.335 e. The van der Waals surface area contributed by atoms with Gasteiger partial charge in [0, 0.05) is 0 Å². The van der Waals surface area contributed by atoms with Crippen LogP contribution in [0.4, 0.5) is 0 Å². The van der Waals surface area contributed by atoms with Crippen molar-refractivity contribution in [2.45, 2.75) is 30.7 Å². The fraction of sp³-hybridized carbons (Fsp3) is 0.417. The summed E-state index contributed by atoms with van der Waals surface area (Å²) in [7, 11) is 0. The molecule has 1 aromatic rings. The van der Waals surface area contributed by atoms with Gasteiger partial charge in [-0.2, -0.15) is 0 Å². The molecule has 0 aliphatic carbocycles. The lowest BCUT2D eigenvalue weighted by molar-refractivity contribution is -0.271. The van der Waals surface area contributed by atoms with E-state index >= 15 is 0 Å². The number of carboxylic acid groups (broad SMARTS) is 1. The summed E-state index contributed by atoms with van der Waals surface area (Å²) < 4.78 is 17.5. The summed E-state index contributed by atoms with van der Waals surface area (Å²) >= 11 is 0. The lowest BCUT2D eigenvalue weighted by Crippen LogP contribution is -2.61. The largest absolute Gasteiger partial charge is 0.479 e. The van der Waals surface area contributed by atoms with Crippen molar-refractivity contribution in [2.75, 3.05) is 0 Å². The standard InChI is InChI=1S/C12H14O7/c13-7-8(14)10(11(16)17)19-12(9(7)15)18-6-4-2-1-3-5-6/h1-5,7-10,12-15H,(H,16,17)/t7-,8-,9+,10-,12?/m0/s1/i1D. The monoisotopic (exact) mass is 271 g/mol. The smallest absolute Gasteiger partial charge is 0.335 e. The molecule has 1 heterocycles. The molecule has 19 heavy (non-hydrogen) atoms. The first-order valence-electron chi connectivity index (χ1n) is 6.06. The van der Waals surface area contributed by atoms with E-state index < -0.39 is 36.7 Å². The highest BCUT2D eigenvalue weighted by atomic mass is 16.7. The van der Waals surface area contributed by atoms with Crippen LogP contribution < -0.4 is 4.74 Å². The Bertz CT molecular complexity index is 477. The molecule has 1 unspecified atom stereocenters. The van der Waals surface area contributed by atoms with Crippen molar-refractivity contribution in [2.24, 2.45) is 0 Å². The van der Waals surface area contributed by atoms with Crippen LogP contribution in [0.1, 0.15) is 1.37 Å². The summed E-state index contributed by atoms with van der Waals surface area (Å²) in [5.41, 5.74) is 0. The molecule has 0 amide bonds. The SMILES string of the molecule is [2H]c1ccc(OC2O[C@H](C(=O)O)[C@@H](O)[C@H](O)[C@H]2O)cc1. The first kappa shape index (κ1) is 12.4. The van der Waals surface area contributed by atoms with E-state index in [1.54, 1.807) is 0 Å². The quantitative estimate of drug-likeness (QED) is 0.554. The van der Waals surface area contributed by atoms with Crippen LogP contribution in [0.5, 0.6) is 5.75 Å². The summed E-state index contributed by atoms with van der Waals surface area (Å²) in [6, 6.07) is 5.99. The Balaban J connectivity index is 2.13. The first-order valence-corrected chi connectivity index (χ1v) is 5.56. The number of carbonyl (C=O) groups is 1. The van der Waals surface area contributed by atoms with Crippen LogP contribution in [0.3, 0.4) is 0 Å². The van der Waals surface area contributed by atoms with E-state index in [4.69, 9.17) is 16.0 Å². The number of ether oxygens (including phenoxy) is 2. The van der Waals surface area contributed by atoms with Crippen molar-refractivity contribution in [3.8, 4) is 5.75 Å². The zero-order valence-electron chi connectivity index (χ0n) is 10.7. The number of aliphatic hydroxyl groups excluding tert-OH is 3. The van der Waals surface area contributed by atoms with Crippen molar-refractivity contribution in [1.29, 1.82) is 0 Å². The van der Waals surface area contributed by atoms with Gasteiger partial charge >= 0.3 is 5.97 Å². The van der Waals surface area contributed by atoms with E-state index in [2.05, 4.69) is 0 Å². The Morgan fingerprint density at radius 3 is 2.42 bits per heavy atom. The number of benzene rings is 1. The van der Waals surface area contributed by atoms with Gasteiger partial charge in [0.15, 0.2) is 6.10 Å². The topological polar surface area (TPSA) is 116 Å². The van der Waals surface area contributed by atoms with Crippen LogP contribution in [0.25, 0.3) is 0 Å². The summed E-state index contributed by atoms with van der Waals surface area (Å²) in [6.07, 6.45) is -8.19. The third-order valence-corrected chi connectivity index (χ3v) is 2.75. The molecule has 1 fully saturated rings. The average molecular weight is 271 g/mol. The second-order valence-electron chi connectivity index (χ2n) is 4.09. The minimum atomic E-state index is -1.75. The molecule has 7 heteroatoms. The summed E-state index contributed by atoms with van der Waals surface area (Å²) in [6.45, 7) is 0. The normalized spacial score (nSPS) is 35.5. The average Bonchev–Trinajstić information content (AvgIpc) is 2.41. The molecule has 0 spiro atoms. The second-order valence-corrected chi connectivity index (χ2v) is 4.09. The third kappa shape index (κ3) is 2.85. The Morgan fingerprint density at radius 2 is 1.84 bits per heavy atom. The lowest BCUT2D eigenvalue weighted by Gasteiger charge is -2.38. The number of para-hydroxylation sites is 1. The maximum atomic E-state index is 10.9. The highest BCUT2D eigenvalue weighted by Gasteiger charge is 2.48. The van der Waals surface area contributed by atoms with Gasteiger partial charge in [-0.25, -0.2) is 4.79 Å². The lowest BCUT2D eigenvalue weighted by atomic mass is 9.99. The Labute approximate surface area is 110 Å². The molecule has 1 aliphatic heterocycles. The Kier molecular flexibility index (Phi) is 3.60. The number of rotatable bonds is 3. The summed E-state index contributed by atoms with van der Waals surface area (Å²) in [5, 5.41) is 37.7. The molecule has 104 valence electrons. The van der Waals surface area contributed by atoms with Gasteiger partial charge in [-0.3, -0.25) is 0 Å². The molecular formula is C12H14O7. The molecule has 5 atom stereocenters. The van der Waals surface area contributed by atoms with Crippen molar-refractivity contribution < 1.29 is 36.1 Å². The molecule has 0 bridgehead atoms. The van der Waals surface area contributed by atoms with E-state index in [-0.39, 0.29) is 11.8 Å². The van der Waals surface area contributed by atoms with Gasteiger partial charge in [-0.1, -0.05) is 18.2 Å². The minimum absolute atomic E-state index is 0.234. The van der Waals surface area contributed by atoms with Crippen LogP contribution >= 0.6 is 0 Å².